The molecule has 9 heteroatoms. The molecule has 6 nitrogen and oxygen atoms in total. The molecule has 3 aromatic carbocycles. The van der Waals surface area contributed by atoms with E-state index in [1.54, 1.807) is 9.47 Å². The predicted octanol–water partition coefficient (Wildman–Crippen LogP) is 5.21. The number of benzene rings is 3. The van der Waals surface area contributed by atoms with Crippen molar-refractivity contribution in [2.24, 2.45) is 0 Å². The highest BCUT2D eigenvalue weighted by Gasteiger charge is 2.41. The van der Waals surface area contributed by atoms with E-state index in [1.807, 2.05) is 54.6 Å². The van der Waals surface area contributed by atoms with Crippen LogP contribution >= 0.6 is 0 Å². The molecule has 35 heavy (non-hydrogen) atoms. The van der Waals surface area contributed by atoms with Crippen molar-refractivity contribution in [3.05, 3.63) is 90.0 Å². The molecule has 1 atom stereocenters. The fraction of sp³-hybridized carbons (Fsp3) is 0.192. The smallest absolute Gasteiger partial charge is 0.325 e. The highest BCUT2D eigenvalue weighted by molar-refractivity contribution is 6.05. The molecular formula is C26H21F3N4O2. The monoisotopic (exact) mass is 478 g/mol. The van der Waals surface area contributed by atoms with Gasteiger partial charge < -0.3 is 5.32 Å². The maximum Gasteiger partial charge on any atom is 0.418 e. The number of rotatable bonds is 6. The van der Waals surface area contributed by atoms with Crippen molar-refractivity contribution >= 4 is 34.5 Å². The number of alkyl halides is 3. The van der Waals surface area contributed by atoms with E-state index < -0.39 is 23.7 Å². The summed E-state index contributed by atoms with van der Waals surface area (Å²) in [7, 11) is 0. The number of imidazole rings is 1. The second-order valence-electron chi connectivity index (χ2n) is 8.31. The van der Waals surface area contributed by atoms with Gasteiger partial charge in [-0.25, -0.2) is 4.98 Å². The lowest BCUT2D eigenvalue weighted by molar-refractivity contribution is -0.137. The number of fused-ring (bicyclic) bond motifs is 3. The molecule has 1 aliphatic heterocycles. The summed E-state index contributed by atoms with van der Waals surface area (Å²) in [5, 5.41) is 2.34. The Hall–Kier alpha value is -4.14. The van der Waals surface area contributed by atoms with Crippen LogP contribution in [0.4, 0.5) is 24.8 Å². The Balaban J connectivity index is 1.42. The predicted molar refractivity (Wildman–Crippen MR) is 126 cm³/mol. The number of carbonyl (C=O) groups is 2. The van der Waals surface area contributed by atoms with Crippen molar-refractivity contribution in [2.45, 2.75) is 25.1 Å². The van der Waals surface area contributed by atoms with Gasteiger partial charge in [-0.3, -0.25) is 19.1 Å². The van der Waals surface area contributed by atoms with Crippen molar-refractivity contribution in [2.75, 3.05) is 16.8 Å². The number of nitrogens with one attached hydrogen (secondary N) is 1. The van der Waals surface area contributed by atoms with Gasteiger partial charge in [0, 0.05) is 6.54 Å². The van der Waals surface area contributed by atoms with Crippen molar-refractivity contribution < 1.29 is 22.8 Å². The Morgan fingerprint density at radius 2 is 1.63 bits per heavy atom. The number of hydrogen-bond donors (Lipinski definition) is 1. The third-order valence-corrected chi connectivity index (χ3v) is 6.03. The van der Waals surface area contributed by atoms with E-state index in [9.17, 15) is 22.8 Å². The molecule has 5 rings (SSSR count). The third-order valence-electron chi connectivity index (χ3n) is 6.03. The normalized spacial score (nSPS) is 15.5. The highest BCUT2D eigenvalue weighted by atomic mass is 19.4. The zero-order chi connectivity index (χ0) is 24.6. The van der Waals surface area contributed by atoms with Gasteiger partial charge in [-0.15, -0.1) is 0 Å². The molecule has 0 radical (unpaired) electrons. The number of hydrogen-bond acceptors (Lipinski definition) is 3. The Bertz CT molecular complexity index is 1400. The van der Waals surface area contributed by atoms with Gasteiger partial charge in [0.2, 0.25) is 11.9 Å². The molecule has 1 aromatic heterocycles. The Morgan fingerprint density at radius 1 is 0.943 bits per heavy atom. The maximum atomic E-state index is 13.4. The first-order chi connectivity index (χ1) is 16.8. The molecule has 4 aromatic rings. The van der Waals surface area contributed by atoms with Crippen molar-refractivity contribution in [3.8, 4) is 0 Å². The van der Waals surface area contributed by atoms with Crippen LogP contribution in [0, 0.1) is 0 Å². The van der Waals surface area contributed by atoms with E-state index in [4.69, 9.17) is 0 Å². The van der Waals surface area contributed by atoms with E-state index >= 15 is 0 Å². The first-order valence-electron chi connectivity index (χ1n) is 11.1. The molecule has 0 fully saturated rings. The average molecular weight is 478 g/mol. The standard InChI is InChI=1S/C26H21F3N4O2/c27-26(28,29)18-10-4-5-11-19(18)30-23(34)16-22-24(35)32(15-14-17-8-2-1-3-9-17)25-31-20-12-6-7-13-21(20)33(22)25/h1-13,22H,14-16H2,(H,30,34)/t22-/m1/s1. The number of anilines is 2. The largest absolute Gasteiger partial charge is 0.418 e. The second-order valence-corrected chi connectivity index (χ2v) is 8.31. The van der Waals surface area contributed by atoms with Gasteiger partial charge in [-0.1, -0.05) is 54.6 Å². The van der Waals surface area contributed by atoms with Gasteiger partial charge >= 0.3 is 6.18 Å². The Kier molecular flexibility index (Phi) is 5.76. The number of carbonyl (C=O) groups excluding carboxylic acids is 2. The molecule has 1 aliphatic rings. The van der Waals surface area contributed by atoms with Crippen LogP contribution in [0.3, 0.4) is 0 Å². The lowest BCUT2D eigenvalue weighted by Gasteiger charge is -2.17. The fourth-order valence-corrected chi connectivity index (χ4v) is 4.41. The van der Waals surface area contributed by atoms with Crippen LogP contribution in [-0.2, 0) is 22.2 Å². The van der Waals surface area contributed by atoms with Gasteiger partial charge in [0.25, 0.3) is 5.91 Å². The van der Waals surface area contributed by atoms with Crippen LogP contribution in [0.5, 0.6) is 0 Å². The van der Waals surface area contributed by atoms with E-state index in [0.29, 0.717) is 29.9 Å². The van der Waals surface area contributed by atoms with Crippen LogP contribution in [-0.4, -0.2) is 27.9 Å². The molecule has 0 saturated carbocycles. The van der Waals surface area contributed by atoms with E-state index in [1.165, 1.54) is 18.2 Å². The van der Waals surface area contributed by atoms with Gasteiger partial charge in [0.1, 0.15) is 6.04 Å². The molecule has 0 bridgehead atoms. The number of aromatic nitrogens is 2. The molecule has 2 amide bonds. The van der Waals surface area contributed by atoms with E-state index in [2.05, 4.69) is 10.3 Å². The zero-order valence-corrected chi connectivity index (χ0v) is 18.5. The minimum atomic E-state index is -4.62. The maximum absolute atomic E-state index is 13.4. The third kappa shape index (κ3) is 4.37. The molecule has 2 heterocycles. The number of para-hydroxylation sites is 3. The van der Waals surface area contributed by atoms with Crippen LogP contribution < -0.4 is 10.2 Å². The lowest BCUT2D eigenvalue weighted by Crippen LogP contribution is -2.33. The average Bonchev–Trinajstić information content (AvgIpc) is 3.32. The summed E-state index contributed by atoms with van der Waals surface area (Å²) in [6.45, 7) is 0.362. The number of nitrogens with zero attached hydrogens (tertiary/aromatic N) is 3. The van der Waals surface area contributed by atoms with Crippen molar-refractivity contribution in [1.82, 2.24) is 9.55 Å². The van der Waals surface area contributed by atoms with Gasteiger partial charge in [-0.2, -0.15) is 13.2 Å². The topological polar surface area (TPSA) is 67.2 Å². The SMILES string of the molecule is O=C(C[C@@H]1C(=O)N(CCc2ccccc2)c2nc3ccccc3n21)Nc1ccccc1C(F)(F)F. The van der Waals surface area contributed by atoms with E-state index in [-0.39, 0.29) is 18.0 Å². The lowest BCUT2D eigenvalue weighted by atomic mass is 10.1. The fourth-order valence-electron chi connectivity index (χ4n) is 4.41. The van der Waals surface area contributed by atoms with Crippen LogP contribution in [0.15, 0.2) is 78.9 Å². The minimum Gasteiger partial charge on any atom is -0.325 e. The zero-order valence-electron chi connectivity index (χ0n) is 18.5. The van der Waals surface area contributed by atoms with Crippen molar-refractivity contribution in [3.63, 3.8) is 0 Å². The number of amides is 2. The first-order valence-corrected chi connectivity index (χ1v) is 11.1. The molecular weight excluding hydrogens is 457 g/mol. The molecule has 0 spiro atoms. The van der Waals surface area contributed by atoms with Crippen molar-refractivity contribution in [1.29, 1.82) is 0 Å². The second kappa shape index (κ2) is 8.90. The quantitative estimate of drug-likeness (QED) is 0.414. The minimum absolute atomic E-state index is 0.312. The summed E-state index contributed by atoms with van der Waals surface area (Å²) in [4.78, 5) is 32.4. The van der Waals surface area contributed by atoms with Gasteiger partial charge in [0.05, 0.1) is 28.7 Å². The molecule has 178 valence electrons. The summed E-state index contributed by atoms with van der Waals surface area (Å²) in [6.07, 6.45) is -4.34. The van der Waals surface area contributed by atoms with Crippen LogP contribution in [0.2, 0.25) is 0 Å². The van der Waals surface area contributed by atoms with Crippen LogP contribution in [0.25, 0.3) is 11.0 Å². The summed E-state index contributed by atoms with van der Waals surface area (Å²) in [5.74, 6) is -0.567. The van der Waals surface area contributed by atoms with Gasteiger partial charge in [-0.05, 0) is 36.2 Å². The summed E-state index contributed by atoms with van der Waals surface area (Å²) < 4.78 is 41.7. The molecule has 1 N–H and O–H groups in total. The Labute approximate surface area is 199 Å². The molecule has 0 unspecified atom stereocenters. The highest BCUT2D eigenvalue weighted by Crippen LogP contribution is 2.38. The number of halogens is 3. The summed E-state index contributed by atoms with van der Waals surface area (Å²) >= 11 is 0. The van der Waals surface area contributed by atoms with Gasteiger partial charge in [0.15, 0.2) is 0 Å². The Morgan fingerprint density at radius 3 is 2.40 bits per heavy atom. The molecule has 0 saturated heterocycles. The van der Waals surface area contributed by atoms with Crippen LogP contribution in [0.1, 0.15) is 23.6 Å². The molecule has 0 aliphatic carbocycles. The summed E-state index contributed by atoms with van der Waals surface area (Å²) in [6, 6.07) is 20.8. The van der Waals surface area contributed by atoms with E-state index in [0.717, 1.165) is 11.6 Å². The first kappa shape index (κ1) is 22.6. The summed E-state index contributed by atoms with van der Waals surface area (Å²) in [5.41, 5.74) is 1.13.